The zero-order valence-electron chi connectivity index (χ0n) is 10.5. The first-order chi connectivity index (χ1) is 8.24. The SMILES string of the molecule is CCCc1nc(-c2ccc(OC)cc2)c(C)s1. The summed E-state index contributed by atoms with van der Waals surface area (Å²) >= 11 is 1.80. The molecule has 0 bridgehead atoms. The van der Waals surface area contributed by atoms with Gasteiger partial charge in [0.25, 0.3) is 0 Å². The number of hydrogen-bond acceptors (Lipinski definition) is 3. The van der Waals surface area contributed by atoms with Crippen molar-refractivity contribution in [2.45, 2.75) is 26.7 Å². The fourth-order valence-electron chi connectivity index (χ4n) is 1.79. The van der Waals surface area contributed by atoms with E-state index < -0.39 is 0 Å². The Balaban J connectivity index is 2.31. The predicted octanol–water partition coefficient (Wildman–Crippen LogP) is 4.08. The van der Waals surface area contributed by atoms with E-state index in [9.17, 15) is 0 Å². The van der Waals surface area contributed by atoms with Crippen molar-refractivity contribution in [3.8, 4) is 17.0 Å². The van der Waals surface area contributed by atoms with Crippen molar-refractivity contribution in [1.29, 1.82) is 0 Å². The van der Waals surface area contributed by atoms with E-state index in [1.54, 1.807) is 18.4 Å². The molecule has 17 heavy (non-hydrogen) atoms. The van der Waals surface area contributed by atoms with Gasteiger partial charge >= 0.3 is 0 Å². The van der Waals surface area contributed by atoms with E-state index in [4.69, 9.17) is 9.72 Å². The summed E-state index contributed by atoms with van der Waals surface area (Å²) in [4.78, 5) is 5.99. The van der Waals surface area contributed by atoms with Gasteiger partial charge in [0.05, 0.1) is 17.8 Å². The molecule has 0 radical (unpaired) electrons. The summed E-state index contributed by atoms with van der Waals surface area (Å²) in [5.74, 6) is 0.885. The van der Waals surface area contributed by atoms with Crippen LogP contribution in [0.3, 0.4) is 0 Å². The Bertz CT molecular complexity index is 487. The quantitative estimate of drug-likeness (QED) is 0.812. The molecule has 1 aromatic carbocycles. The summed E-state index contributed by atoms with van der Waals surface area (Å²) in [5.41, 5.74) is 2.28. The number of hydrogen-bond donors (Lipinski definition) is 0. The third-order valence-electron chi connectivity index (χ3n) is 2.67. The first-order valence-corrected chi connectivity index (χ1v) is 6.67. The van der Waals surface area contributed by atoms with Crippen molar-refractivity contribution in [2.24, 2.45) is 0 Å². The van der Waals surface area contributed by atoms with E-state index in [0.29, 0.717) is 0 Å². The second-order valence-corrected chi connectivity index (χ2v) is 5.28. The third-order valence-corrected chi connectivity index (χ3v) is 3.70. The van der Waals surface area contributed by atoms with Crippen LogP contribution >= 0.6 is 11.3 Å². The molecule has 0 aliphatic rings. The molecule has 2 nitrogen and oxygen atoms in total. The molecule has 2 rings (SSSR count). The van der Waals surface area contributed by atoms with Crippen LogP contribution < -0.4 is 4.74 Å². The van der Waals surface area contributed by atoms with Crippen LogP contribution in [0.4, 0.5) is 0 Å². The van der Waals surface area contributed by atoms with Gasteiger partial charge in [-0.25, -0.2) is 4.98 Å². The summed E-state index contributed by atoms with van der Waals surface area (Å²) in [6, 6.07) is 8.09. The number of rotatable bonds is 4. The Hall–Kier alpha value is -1.35. The molecular formula is C14H17NOS. The van der Waals surface area contributed by atoms with Crippen molar-refractivity contribution in [3.05, 3.63) is 34.2 Å². The minimum absolute atomic E-state index is 0.885. The van der Waals surface area contributed by atoms with Crippen molar-refractivity contribution in [1.82, 2.24) is 4.98 Å². The number of aromatic nitrogens is 1. The normalized spacial score (nSPS) is 10.5. The number of benzene rings is 1. The van der Waals surface area contributed by atoms with E-state index in [1.807, 2.05) is 12.1 Å². The van der Waals surface area contributed by atoms with Crippen LogP contribution in [-0.4, -0.2) is 12.1 Å². The van der Waals surface area contributed by atoms with Crippen molar-refractivity contribution in [2.75, 3.05) is 7.11 Å². The van der Waals surface area contributed by atoms with Crippen molar-refractivity contribution >= 4 is 11.3 Å². The van der Waals surface area contributed by atoms with Crippen LogP contribution in [-0.2, 0) is 6.42 Å². The highest BCUT2D eigenvalue weighted by Crippen LogP contribution is 2.29. The number of ether oxygens (including phenoxy) is 1. The fourth-order valence-corrected chi connectivity index (χ4v) is 2.85. The van der Waals surface area contributed by atoms with E-state index in [-0.39, 0.29) is 0 Å². The summed E-state index contributed by atoms with van der Waals surface area (Å²) in [7, 11) is 1.68. The highest BCUT2D eigenvalue weighted by atomic mass is 32.1. The van der Waals surface area contributed by atoms with Crippen LogP contribution in [0.25, 0.3) is 11.3 Å². The molecule has 0 fully saturated rings. The molecule has 0 atom stereocenters. The molecule has 0 spiro atoms. The van der Waals surface area contributed by atoms with Crippen molar-refractivity contribution < 1.29 is 4.74 Å². The van der Waals surface area contributed by atoms with Crippen LogP contribution in [0.15, 0.2) is 24.3 Å². The molecule has 0 N–H and O–H groups in total. The van der Waals surface area contributed by atoms with Crippen LogP contribution in [0.2, 0.25) is 0 Å². The lowest BCUT2D eigenvalue weighted by atomic mass is 10.1. The Morgan fingerprint density at radius 1 is 1.24 bits per heavy atom. The lowest BCUT2D eigenvalue weighted by Gasteiger charge is -2.01. The number of aryl methyl sites for hydroxylation is 2. The molecule has 2 aromatic rings. The monoisotopic (exact) mass is 247 g/mol. The zero-order valence-corrected chi connectivity index (χ0v) is 11.3. The average molecular weight is 247 g/mol. The molecular weight excluding hydrogens is 230 g/mol. The molecule has 0 saturated carbocycles. The largest absolute Gasteiger partial charge is 0.497 e. The maximum absolute atomic E-state index is 5.16. The summed E-state index contributed by atoms with van der Waals surface area (Å²) in [5, 5.41) is 1.23. The standard InChI is InChI=1S/C14H17NOS/c1-4-5-13-15-14(10(2)17-13)11-6-8-12(16-3)9-7-11/h6-9H,4-5H2,1-3H3. The molecule has 0 unspecified atom stereocenters. The molecule has 1 aromatic heterocycles. The van der Waals surface area contributed by atoms with Gasteiger partial charge in [0, 0.05) is 10.4 Å². The molecule has 90 valence electrons. The lowest BCUT2D eigenvalue weighted by molar-refractivity contribution is 0.415. The first kappa shape index (κ1) is 12.1. The molecule has 3 heteroatoms. The van der Waals surface area contributed by atoms with Gasteiger partial charge in [-0.15, -0.1) is 11.3 Å². The minimum atomic E-state index is 0.885. The maximum atomic E-state index is 5.16. The first-order valence-electron chi connectivity index (χ1n) is 5.85. The van der Waals surface area contributed by atoms with Gasteiger partial charge in [0.1, 0.15) is 5.75 Å². The molecule has 0 aliphatic carbocycles. The Kier molecular flexibility index (Phi) is 3.79. The molecule has 0 aliphatic heterocycles. The number of nitrogens with zero attached hydrogens (tertiary/aromatic N) is 1. The minimum Gasteiger partial charge on any atom is -0.497 e. The predicted molar refractivity (Wildman–Crippen MR) is 72.8 cm³/mol. The number of methoxy groups -OCH3 is 1. The van der Waals surface area contributed by atoms with Crippen LogP contribution in [0.5, 0.6) is 5.75 Å². The molecule has 0 amide bonds. The Morgan fingerprint density at radius 3 is 2.53 bits per heavy atom. The number of thiazole rings is 1. The smallest absolute Gasteiger partial charge is 0.118 e. The fraction of sp³-hybridized carbons (Fsp3) is 0.357. The molecule has 1 heterocycles. The van der Waals surface area contributed by atoms with Gasteiger partial charge in [0.2, 0.25) is 0 Å². The van der Waals surface area contributed by atoms with E-state index in [2.05, 4.69) is 26.0 Å². The van der Waals surface area contributed by atoms with E-state index in [1.165, 1.54) is 15.4 Å². The van der Waals surface area contributed by atoms with E-state index in [0.717, 1.165) is 24.3 Å². The van der Waals surface area contributed by atoms with Crippen molar-refractivity contribution in [3.63, 3.8) is 0 Å². The van der Waals surface area contributed by atoms with Gasteiger partial charge in [-0.05, 0) is 44.0 Å². The Morgan fingerprint density at radius 2 is 1.94 bits per heavy atom. The lowest BCUT2D eigenvalue weighted by Crippen LogP contribution is -1.85. The van der Waals surface area contributed by atoms with Crippen LogP contribution in [0.1, 0.15) is 23.2 Å². The second kappa shape index (κ2) is 5.32. The highest BCUT2D eigenvalue weighted by Gasteiger charge is 2.09. The summed E-state index contributed by atoms with van der Waals surface area (Å²) in [6.45, 7) is 4.32. The van der Waals surface area contributed by atoms with Gasteiger partial charge in [-0.1, -0.05) is 6.92 Å². The third kappa shape index (κ3) is 2.67. The van der Waals surface area contributed by atoms with Crippen LogP contribution in [0, 0.1) is 6.92 Å². The highest BCUT2D eigenvalue weighted by molar-refractivity contribution is 7.12. The van der Waals surface area contributed by atoms with Gasteiger partial charge < -0.3 is 4.74 Å². The summed E-state index contributed by atoms with van der Waals surface area (Å²) in [6.07, 6.45) is 2.22. The maximum Gasteiger partial charge on any atom is 0.118 e. The second-order valence-electron chi connectivity index (χ2n) is 3.99. The molecule has 0 saturated heterocycles. The van der Waals surface area contributed by atoms with Gasteiger partial charge in [-0.2, -0.15) is 0 Å². The van der Waals surface area contributed by atoms with Gasteiger partial charge in [0.15, 0.2) is 0 Å². The summed E-state index contributed by atoms with van der Waals surface area (Å²) < 4.78 is 5.16. The average Bonchev–Trinajstić information content (AvgIpc) is 2.71. The topological polar surface area (TPSA) is 22.1 Å². The van der Waals surface area contributed by atoms with E-state index >= 15 is 0 Å². The zero-order chi connectivity index (χ0) is 12.3. The Labute approximate surface area is 106 Å². The van der Waals surface area contributed by atoms with Gasteiger partial charge in [-0.3, -0.25) is 0 Å².